The number of nitrogens with zero attached hydrogens (tertiary/aromatic N) is 2. The zero-order valence-corrected chi connectivity index (χ0v) is 11.1. The average Bonchev–Trinajstić information content (AvgIpc) is 2.90. The van der Waals surface area contributed by atoms with Crippen molar-refractivity contribution < 1.29 is 9.47 Å². The molecule has 5 nitrogen and oxygen atoms in total. The molecule has 0 aliphatic rings. The van der Waals surface area contributed by atoms with Crippen LogP contribution in [-0.4, -0.2) is 24.2 Å². The normalized spacial score (nSPS) is 12.2. The van der Waals surface area contributed by atoms with E-state index in [4.69, 9.17) is 15.2 Å². The topological polar surface area (TPSA) is 70.3 Å². The van der Waals surface area contributed by atoms with Crippen molar-refractivity contribution in [1.29, 1.82) is 0 Å². The number of methoxy groups -OCH3 is 2. The number of thiophene rings is 1. The van der Waals surface area contributed by atoms with E-state index in [1.807, 2.05) is 17.5 Å². The highest BCUT2D eigenvalue weighted by molar-refractivity contribution is 7.09. The smallest absolute Gasteiger partial charge is 0.240 e. The van der Waals surface area contributed by atoms with E-state index in [0.717, 1.165) is 6.42 Å². The summed E-state index contributed by atoms with van der Waals surface area (Å²) in [6.45, 7) is 0. The van der Waals surface area contributed by atoms with E-state index in [1.165, 1.54) is 12.0 Å². The van der Waals surface area contributed by atoms with Crippen molar-refractivity contribution in [2.75, 3.05) is 14.2 Å². The second kappa shape index (κ2) is 5.79. The summed E-state index contributed by atoms with van der Waals surface area (Å²) in [5, 5.41) is 2.03. The van der Waals surface area contributed by atoms with Gasteiger partial charge in [-0.25, -0.2) is 4.98 Å². The quantitative estimate of drug-likeness (QED) is 0.892. The van der Waals surface area contributed by atoms with Crippen molar-refractivity contribution in [1.82, 2.24) is 9.97 Å². The van der Waals surface area contributed by atoms with Crippen LogP contribution >= 0.6 is 11.3 Å². The second-order valence-electron chi connectivity index (χ2n) is 3.70. The van der Waals surface area contributed by atoms with Crippen LogP contribution in [0.5, 0.6) is 11.8 Å². The minimum absolute atomic E-state index is 0.239. The van der Waals surface area contributed by atoms with Crippen molar-refractivity contribution in [2.24, 2.45) is 5.73 Å². The Labute approximate surface area is 110 Å². The van der Waals surface area contributed by atoms with Gasteiger partial charge in [-0.15, -0.1) is 11.3 Å². The van der Waals surface area contributed by atoms with Gasteiger partial charge in [0.15, 0.2) is 0 Å². The fourth-order valence-corrected chi connectivity index (χ4v) is 2.38. The summed E-state index contributed by atoms with van der Waals surface area (Å²) in [5.74, 6) is 0.831. The van der Waals surface area contributed by atoms with Gasteiger partial charge in [0.2, 0.25) is 11.8 Å². The molecule has 2 N–H and O–H groups in total. The molecule has 0 bridgehead atoms. The first-order valence-corrected chi connectivity index (χ1v) is 6.35. The monoisotopic (exact) mass is 265 g/mol. The predicted molar refractivity (Wildman–Crippen MR) is 70.1 cm³/mol. The molecule has 0 saturated carbocycles. The maximum atomic E-state index is 6.14. The fourth-order valence-electron chi connectivity index (χ4n) is 1.61. The molecule has 0 radical (unpaired) electrons. The largest absolute Gasteiger partial charge is 0.480 e. The molecular weight excluding hydrogens is 250 g/mol. The third-order valence-electron chi connectivity index (χ3n) is 2.50. The van der Waals surface area contributed by atoms with Gasteiger partial charge < -0.3 is 15.2 Å². The Morgan fingerprint density at radius 2 is 2.22 bits per heavy atom. The van der Waals surface area contributed by atoms with Gasteiger partial charge in [0.1, 0.15) is 5.69 Å². The lowest BCUT2D eigenvalue weighted by molar-refractivity contribution is 0.353. The molecule has 2 aromatic heterocycles. The van der Waals surface area contributed by atoms with Crippen LogP contribution < -0.4 is 15.2 Å². The lowest BCUT2D eigenvalue weighted by Gasteiger charge is -2.13. The minimum Gasteiger partial charge on any atom is -0.480 e. The van der Waals surface area contributed by atoms with E-state index in [1.54, 1.807) is 24.6 Å². The fraction of sp³-hybridized carbons (Fsp3) is 0.333. The molecule has 2 rings (SSSR count). The van der Waals surface area contributed by atoms with Crippen molar-refractivity contribution in [3.05, 3.63) is 34.3 Å². The van der Waals surface area contributed by atoms with Crippen LogP contribution in [-0.2, 0) is 6.42 Å². The molecule has 0 saturated heterocycles. The van der Waals surface area contributed by atoms with E-state index in [-0.39, 0.29) is 6.04 Å². The average molecular weight is 265 g/mol. The van der Waals surface area contributed by atoms with Crippen LogP contribution in [0.15, 0.2) is 23.7 Å². The van der Waals surface area contributed by atoms with Gasteiger partial charge in [0.05, 0.1) is 26.5 Å². The highest BCUT2D eigenvalue weighted by Gasteiger charge is 2.17. The van der Waals surface area contributed by atoms with Crippen LogP contribution in [0.25, 0.3) is 0 Å². The molecule has 0 aliphatic carbocycles. The molecule has 0 aromatic carbocycles. The summed E-state index contributed by atoms with van der Waals surface area (Å²) < 4.78 is 10.2. The molecule has 2 aromatic rings. The van der Waals surface area contributed by atoms with Crippen LogP contribution in [0.3, 0.4) is 0 Å². The molecule has 96 valence electrons. The molecule has 0 amide bonds. The highest BCUT2D eigenvalue weighted by Crippen LogP contribution is 2.25. The van der Waals surface area contributed by atoms with Gasteiger partial charge >= 0.3 is 0 Å². The van der Waals surface area contributed by atoms with Gasteiger partial charge in [-0.2, -0.15) is 4.98 Å². The zero-order chi connectivity index (χ0) is 13.0. The molecule has 0 fully saturated rings. The number of rotatable bonds is 5. The molecule has 0 aliphatic heterocycles. The lowest BCUT2D eigenvalue weighted by Crippen LogP contribution is -2.16. The van der Waals surface area contributed by atoms with Crippen molar-refractivity contribution in [2.45, 2.75) is 12.5 Å². The molecule has 1 unspecified atom stereocenters. The van der Waals surface area contributed by atoms with Crippen LogP contribution in [0.4, 0.5) is 0 Å². The van der Waals surface area contributed by atoms with Gasteiger partial charge in [-0.05, 0) is 11.4 Å². The van der Waals surface area contributed by atoms with Gasteiger partial charge in [0, 0.05) is 11.3 Å². The Bertz CT molecular complexity index is 502. The van der Waals surface area contributed by atoms with Crippen molar-refractivity contribution in [3.63, 3.8) is 0 Å². The van der Waals surface area contributed by atoms with Gasteiger partial charge in [0.25, 0.3) is 0 Å². The van der Waals surface area contributed by atoms with E-state index in [2.05, 4.69) is 9.97 Å². The number of aromatic nitrogens is 2. The van der Waals surface area contributed by atoms with E-state index in [9.17, 15) is 0 Å². The number of hydrogen-bond acceptors (Lipinski definition) is 6. The molecular formula is C12H15N3O2S. The highest BCUT2D eigenvalue weighted by atomic mass is 32.1. The predicted octanol–water partition coefficient (Wildman–Crippen LogP) is 1.80. The summed E-state index contributed by atoms with van der Waals surface area (Å²) in [4.78, 5) is 9.65. The summed E-state index contributed by atoms with van der Waals surface area (Å²) >= 11 is 1.67. The maximum Gasteiger partial charge on any atom is 0.240 e. The lowest BCUT2D eigenvalue weighted by atomic mass is 10.1. The SMILES string of the molecule is COc1cnc(C(N)Cc2cccs2)c(OC)n1. The second-order valence-corrected chi connectivity index (χ2v) is 4.73. The minimum atomic E-state index is -0.239. The van der Waals surface area contributed by atoms with Crippen molar-refractivity contribution in [3.8, 4) is 11.8 Å². The molecule has 18 heavy (non-hydrogen) atoms. The standard InChI is InChI=1S/C12H15N3O2S/c1-16-10-7-14-11(12(15-10)17-2)9(13)6-8-4-3-5-18-8/h3-5,7,9H,6,13H2,1-2H3. The Balaban J connectivity index is 2.21. The Morgan fingerprint density at radius 1 is 1.39 bits per heavy atom. The summed E-state index contributed by atoms with van der Waals surface area (Å²) in [5.41, 5.74) is 6.78. The maximum absolute atomic E-state index is 6.14. The molecule has 6 heteroatoms. The summed E-state index contributed by atoms with van der Waals surface area (Å²) in [7, 11) is 3.08. The molecule has 0 spiro atoms. The van der Waals surface area contributed by atoms with Crippen molar-refractivity contribution >= 4 is 11.3 Å². The summed E-state index contributed by atoms with van der Waals surface area (Å²) in [6, 6.07) is 3.81. The van der Waals surface area contributed by atoms with E-state index >= 15 is 0 Å². The summed E-state index contributed by atoms with van der Waals surface area (Å²) in [6.07, 6.45) is 2.27. The first kappa shape index (κ1) is 12.8. The van der Waals surface area contributed by atoms with Gasteiger partial charge in [-0.1, -0.05) is 6.07 Å². The zero-order valence-electron chi connectivity index (χ0n) is 10.3. The van der Waals surface area contributed by atoms with Crippen LogP contribution in [0.1, 0.15) is 16.6 Å². The Hall–Kier alpha value is -1.66. The third kappa shape index (κ3) is 2.77. The number of hydrogen-bond donors (Lipinski definition) is 1. The first-order chi connectivity index (χ1) is 8.74. The van der Waals surface area contributed by atoms with Crippen LogP contribution in [0, 0.1) is 0 Å². The van der Waals surface area contributed by atoms with Gasteiger partial charge in [-0.3, -0.25) is 0 Å². The van der Waals surface area contributed by atoms with E-state index < -0.39 is 0 Å². The number of ether oxygens (including phenoxy) is 2. The number of nitrogens with two attached hydrogens (primary N) is 1. The molecule has 2 heterocycles. The Kier molecular flexibility index (Phi) is 4.11. The Morgan fingerprint density at radius 3 is 2.83 bits per heavy atom. The van der Waals surface area contributed by atoms with E-state index in [0.29, 0.717) is 17.5 Å². The van der Waals surface area contributed by atoms with Crippen LogP contribution in [0.2, 0.25) is 0 Å². The third-order valence-corrected chi connectivity index (χ3v) is 3.40. The molecule has 1 atom stereocenters. The first-order valence-electron chi connectivity index (χ1n) is 5.47.